The van der Waals surface area contributed by atoms with Crippen molar-refractivity contribution in [3.05, 3.63) is 53.6 Å². The Morgan fingerprint density at radius 1 is 1.19 bits per heavy atom. The predicted octanol–water partition coefficient (Wildman–Crippen LogP) is 5.04. The Labute approximate surface area is 128 Å². The summed E-state index contributed by atoms with van der Waals surface area (Å²) in [5, 5.41) is 1.79. The van der Waals surface area contributed by atoms with Gasteiger partial charge in [0.25, 0.3) is 0 Å². The highest BCUT2D eigenvalue weighted by Gasteiger charge is 2.11. The normalized spacial score (nSPS) is 11.2. The summed E-state index contributed by atoms with van der Waals surface area (Å²) >= 11 is 6.40. The molecule has 0 unspecified atom stereocenters. The third-order valence-corrected chi connectivity index (χ3v) is 3.82. The SMILES string of the molecule is C=Cc1cnc(-c2cc3[nH]c(C(C)C)cc3cc2Cl)cn1. The van der Waals surface area contributed by atoms with E-state index in [-0.39, 0.29) is 0 Å². The molecule has 3 aromatic rings. The molecule has 2 heterocycles. The van der Waals surface area contributed by atoms with Gasteiger partial charge in [-0.3, -0.25) is 9.97 Å². The average Bonchev–Trinajstić information content (AvgIpc) is 2.89. The fourth-order valence-electron chi connectivity index (χ4n) is 2.27. The Kier molecular flexibility index (Phi) is 3.52. The Bertz CT molecular complexity index is 801. The van der Waals surface area contributed by atoms with Crippen molar-refractivity contribution in [3.63, 3.8) is 0 Å². The molecule has 3 rings (SSSR count). The lowest BCUT2D eigenvalue weighted by atomic mass is 10.1. The van der Waals surface area contributed by atoms with E-state index in [0.29, 0.717) is 10.9 Å². The van der Waals surface area contributed by atoms with Crippen LogP contribution in [0.15, 0.2) is 37.2 Å². The predicted molar refractivity (Wildman–Crippen MR) is 88.5 cm³/mol. The molecule has 1 N–H and O–H groups in total. The van der Waals surface area contributed by atoms with Gasteiger partial charge in [0.05, 0.1) is 28.8 Å². The van der Waals surface area contributed by atoms with Crippen LogP contribution in [0.2, 0.25) is 5.02 Å². The minimum absolute atomic E-state index is 0.450. The van der Waals surface area contributed by atoms with E-state index in [1.807, 2.05) is 12.1 Å². The topological polar surface area (TPSA) is 41.6 Å². The van der Waals surface area contributed by atoms with Gasteiger partial charge in [0.2, 0.25) is 0 Å². The number of nitrogens with one attached hydrogen (secondary N) is 1. The van der Waals surface area contributed by atoms with Crippen molar-refractivity contribution >= 4 is 28.6 Å². The summed E-state index contributed by atoms with van der Waals surface area (Å²) < 4.78 is 0. The molecule has 3 nitrogen and oxygen atoms in total. The summed E-state index contributed by atoms with van der Waals surface area (Å²) in [5.74, 6) is 0.450. The van der Waals surface area contributed by atoms with Crippen molar-refractivity contribution in [2.75, 3.05) is 0 Å². The lowest BCUT2D eigenvalue weighted by Gasteiger charge is -2.04. The molecule has 106 valence electrons. The molecule has 0 fully saturated rings. The van der Waals surface area contributed by atoms with Crippen LogP contribution < -0.4 is 0 Å². The summed E-state index contributed by atoms with van der Waals surface area (Å²) in [7, 11) is 0. The summed E-state index contributed by atoms with van der Waals surface area (Å²) in [6.45, 7) is 8.00. The van der Waals surface area contributed by atoms with Crippen molar-refractivity contribution in [1.82, 2.24) is 15.0 Å². The van der Waals surface area contributed by atoms with Crippen molar-refractivity contribution in [2.24, 2.45) is 0 Å². The first-order valence-corrected chi connectivity index (χ1v) is 7.23. The third kappa shape index (κ3) is 2.57. The molecular weight excluding hydrogens is 282 g/mol. The molecule has 0 atom stereocenters. The summed E-state index contributed by atoms with van der Waals surface area (Å²) in [6, 6.07) is 6.14. The molecule has 0 saturated heterocycles. The van der Waals surface area contributed by atoms with Gasteiger partial charge in [-0.05, 0) is 30.2 Å². The molecule has 0 radical (unpaired) electrons. The summed E-state index contributed by atoms with van der Waals surface area (Å²) in [5.41, 5.74) is 4.65. The van der Waals surface area contributed by atoms with E-state index in [2.05, 4.69) is 41.4 Å². The maximum Gasteiger partial charge on any atom is 0.0901 e. The highest BCUT2D eigenvalue weighted by atomic mass is 35.5. The Morgan fingerprint density at radius 3 is 2.62 bits per heavy atom. The number of fused-ring (bicyclic) bond motifs is 1. The smallest absolute Gasteiger partial charge is 0.0901 e. The van der Waals surface area contributed by atoms with Gasteiger partial charge in [-0.15, -0.1) is 0 Å². The highest BCUT2D eigenvalue weighted by Crippen LogP contribution is 2.32. The standard InChI is InChI=1S/C17H16ClN3/c1-4-12-8-20-17(9-19-12)13-7-16-11(5-14(13)18)6-15(21-16)10(2)3/h4-10,21H,1H2,2-3H3. The molecule has 1 aromatic carbocycles. The molecule has 0 bridgehead atoms. The number of nitrogens with zero attached hydrogens (tertiary/aromatic N) is 2. The number of halogens is 1. The number of benzene rings is 1. The van der Waals surface area contributed by atoms with Crippen LogP contribution in [-0.4, -0.2) is 15.0 Å². The second-order valence-electron chi connectivity index (χ2n) is 5.33. The first kappa shape index (κ1) is 13.8. The molecule has 2 aromatic heterocycles. The molecular formula is C17H16ClN3. The number of H-pyrrole nitrogens is 1. The van der Waals surface area contributed by atoms with Crippen LogP contribution in [0.3, 0.4) is 0 Å². The zero-order chi connectivity index (χ0) is 15.0. The van der Waals surface area contributed by atoms with E-state index in [0.717, 1.165) is 27.9 Å². The van der Waals surface area contributed by atoms with Crippen molar-refractivity contribution in [3.8, 4) is 11.3 Å². The molecule has 0 amide bonds. The van der Waals surface area contributed by atoms with Crippen LogP contribution in [0.25, 0.3) is 28.2 Å². The number of rotatable bonds is 3. The Hall–Kier alpha value is -2.13. The molecule has 0 aliphatic rings. The molecule has 21 heavy (non-hydrogen) atoms. The Morgan fingerprint density at radius 2 is 2.00 bits per heavy atom. The van der Waals surface area contributed by atoms with Gasteiger partial charge >= 0.3 is 0 Å². The molecule has 0 aliphatic heterocycles. The molecule has 0 saturated carbocycles. The quantitative estimate of drug-likeness (QED) is 0.735. The van der Waals surface area contributed by atoms with E-state index >= 15 is 0 Å². The first-order valence-electron chi connectivity index (χ1n) is 6.85. The van der Waals surface area contributed by atoms with Crippen molar-refractivity contribution in [1.29, 1.82) is 0 Å². The zero-order valence-electron chi connectivity index (χ0n) is 12.0. The van der Waals surface area contributed by atoms with E-state index < -0.39 is 0 Å². The van der Waals surface area contributed by atoms with E-state index in [4.69, 9.17) is 11.6 Å². The van der Waals surface area contributed by atoms with Gasteiger partial charge in [0.1, 0.15) is 0 Å². The van der Waals surface area contributed by atoms with Crippen LogP contribution in [0.1, 0.15) is 31.2 Å². The maximum absolute atomic E-state index is 6.40. The van der Waals surface area contributed by atoms with Gasteiger partial charge in [0.15, 0.2) is 0 Å². The van der Waals surface area contributed by atoms with Crippen LogP contribution in [0.5, 0.6) is 0 Å². The largest absolute Gasteiger partial charge is 0.358 e. The fraction of sp³-hybridized carbons (Fsp3) is 0.176. The number of aromatic amines is 1. The number of aromatic nitrogens is 3. The number of hydrogen-bond acceptors (Lipinski definition) is 2. The minimum Gasteiger partial charge on any atom is -0.358 e. The summed E-state index contributed by atoms with van der Waals surface area (Å²) in [4.78, 5) is 12.1. The summed E-state index contributed by atoms with van der Waals surface area (Å²) in [6.07, 6.45) is 5.08. The van der Waals surface area contributed by atoms with Crippen LogP contribution >= 0.6 is 11.6 Å². The average molecular weight is 298 g/mol. The minimum atomic E-state index is 0.450. The van der Waals surface area contributed by atoms with E-state index in [1.165, 1.54) is 5.69 Å². The maximum atomic E-state index is 6.40. The lowest BCUT2D eigenvalue weighted by molar-refractivity contribution is 0.836. The van der Waals surface area contributed by atoms with E-state index in [1.54, 1.807) is 18.5 Å². The lowest BCUT2D eigenvalue weighted by Crippen LogP contribution is -1.89. The molecule has 0 spiro atoms. The van der Waals surface area contributed by atoms with Crippen molar-refractivity contribution < 1.29 is 0 Å². The zero-order valence-corrected chi connectivity index (χ0v) is 12.8. The first-order chi connectivity index (χ1) is 10.1. The van der Waals surface area contributed by atoms with Crippen molar-refractivity contribution in [2.45, 2.75) is 19.8 Å². The second-order valence-corrected chi connectivity index (χ2v) is 5.74. The second kappa shape index (κ2) is 5.34. The van der Waals surface area contributed by atoms with Crippen LogP contribution in [0.4, 0.5) is 0 Å². The Balaban J connectivity index is 2.12. The highest BCUT2D eigenvalue weighted by molar-refractivity contribution is 6.34. The third-order valence-electron chi connectivity index (χ3n) is 3.51. The molecule has 4 heteroatoms. The van der Waals surface area contributed by atoms with Gasteiger partial charge in [0, 0.05) is 22.2 Å². The van der Waals surface area contributed by atoms with E-state index in [9.17, 15) is 0 Å². The monoisotopic (exact) mass is 297 g/mol. The van der Waals surface area contributed by atoms with Crippen LogP contribution in [-0.2, 0) is 0 Å². The van der Waals surface area contributed by atoms with Gasteiger partial charge in [-0.1, -0.05) is 32.0 Å². The van der Waals surface area contributed by atoms with Gasteiger partial charge < -0.3 is 4.98 Å². The fourth-order valence-corrected chi connectivity index (χ4v) is 2.53. The van der Waals surface area contributed by atoms with Crippen LogP contribution in [0, 0.1) is 0 Å². The van der Waals surface area contributed by atoms with Gasteiger partial charge in [-0.2, -0.15) is 0 Å². The van der Waals surface area contributed by atoms with Gasteiger partial charge in [-0.25, -0.2) is 0 Å². The molecule has 0 aliphatic carbocycles. The number of hydrogen-bond donors (Lipinski definition) is 1.